The number of benzene rings is 3. The number of phenolic OH excluding ortho intramolecular Hbond substituents is 1. The van der Waals surface area contributed by atoms with Crippen LogP contribution in [-0.2, 0) is 6.18 Å². The minimum Gasteiger partial charge on any atom is -0.508 e. The largest absolute Gasteiger partial charge is 0.508 e. The van der Waals surface area contributed by atoms with Crippen LogP contribution in [0.4, 0.5) is 13.2 Å². The summed E-state index contributed by atoms with van der Waals surface area (Å²) in [7, 11) is 1.50. The van der Waals surface area contributed by atoms with Crippen molar-refractivity contribution >= 4 is 0 Å². The summed E-state index contributed by atoms with van der Waals surface area (Å²) >= 11 is 0. The predicted molar refractivity (Wildman–Crippen MR) is 90.5 cm³/mol. The lowest BCUT2D eigenvalue weighted by atomic mass is 9.94. The third-order valence-corrected chi connectivity index (χ3v) is 3.93. The summed E-state index contributed by atoms with van der Waals surface area (Å²) in [5.41, 5.74) is 0.903. The molecule has 0 amide bonds. The number of methoxy groups -OCH3 is 1. The Morgan fingerprint density at radius 2 is 1.32 bits per heavy atom. The average molecular weight is 344 g/mol. The van der Waals surface area contributed by atoms with Gasteiger partial charge in [-0.25, -0.2) is 0 Å². The molecule has 0 aromatic heterocycles. The molecule has 0 aliphatic heterocycles. The highest BCUT2D eigenvalue weighted by Crippen LogP contribution is 2.40. The molecule has 1 N–H and O–H groups in total. The third kappa shape index (κ3) is 3.60. The SMILES string of the molecule is COc1ccc(-c2ccc(-c3ccc(O)cc3)cc2C(F)(F)F)cc1. The third-order valence-electron chi connectivity index (χ3n) is 3.93. The first-order valence-electron chi connectivity index (χ1n) is 7.53. The molecular weight excluding hydrogens is 329 g/mol. The van der Waals surface area contributed by atoms with E-state index in [0.29, 0.717) is 22.4 Å². The topological polar surface area (TPSA) is 29.5 Å². The summed E-state index contributed by atoms with van der Waals surface area (Å²) in [5.74, 6) is 0.646. The number of phenols is 1. The summed E-state index contributed by atoms with van der Waals surface area (Å²) in [6, 6.07) is 16.7. The second-order valence-corrected chi connectivity index (χ2v) is 5.53. The Bertz CT molecular complexity index is 867. The Morgan fingerprint density at radius 1 is 0.760 bits per heavy atom. The van der Waals surface area contributed by atoms with Crippen molar-refractivity contribution in [1.29, 1.82) is 0 Å². The highest BCUT2D eigenvalue weighted by Gasteiger charge is 2.34. The first-order chi connectivity index (χ1) is 11.9. The van der Waals surface area contributed by atoms with Gasteiger partial charge in [-0.15, -0.1) is 0 Å². The molecule has 0 unspecified atom stereocenters. The van der Waals surface area contributed by atoms with E-state index in [1.54, 1.807) is 42.5 Å². The van der Waals surface area contributed by atoms with E-state index in [1.807, 2.05) is 0 Å². The Morgan fingerprint density at radius 3 is 1.88 bits per heavy atom. The van der Waals surface area contributed by atoms with E-state index < -0.39 is 11.7 Å². The number of rotatable bonds is 3. The van der Waals surface area contributed by atoms with Gasteiger partial charge in [-0.2, -0.15) is 13.2 Å². The number of hydrogen-bond donors (Lipinski definition) is 1. The van der Waals surface area contributed by atoms with Crippen LogP contribution < -0.4 is 4.74 Å². The lowest BCUT2D eigenvalue weighted by molar-refractivity contribution is -0.137. The fourth-order valence-corrected chi connectivity index (χ4v) is 2.63. The van der Waals surface area contributed by atoms with Gasteiger partial charge in [-0.3, -0.25) is 0 Å². The Balaban J connectivity index is 2.11. The van der Waals surface area contributed by atoms with Gasteiger partial charge in [0.15, 0.2) is 0 Å². The lowest BCUT2D eigenvalue weighted by Gasteiger charge is -2.15. The monoisotopic (exact) mass is 344 g/mol. The van der Waals surface area contributed by atoms with Crippen molar-refractivity contribution in [3.8, 4) is 33.8 Å². The number of ether oxygens (including phenoxy) is 1. The van der Waals surface area contributed by atoms with E-state index in [0.717, 1.165) is 6.07 Å². The molecular formula is C20H15F3O2. The molecule has 3 aromatic rings. The minimum absolute atomic E-state index is 0.0645. The molecule has 5 heteroatoms. The maximum Gasteiger partial charge on any atom is 0.417 e. The number of aromatic hydroxyl groups is 1. The van der Waals surface area contributed by atoms with Crippen LogP contribution in [0.15, 0.2) is 66.7 Å². The molecule has 0 bridgehead atoms. The van der Waals surface area contributed by atoms with Gasteiger partial charge in [0, 0.05) is 0 Å². The number of halogens is 3. The Hall–Kier alpha value is -2.95. The van der Waals surface area contributed by atoms with Gasteiger partial charge in [0.2, 0.25) is 0 Å². The molecule has 25 heavy (non-hydrogen) atoms. The Labute approximate surface area is 143 Å². The molecule has 128 valence electrons. The first-order valence-corrected chi connectivity index (χ1v) is 7.53. The van der Waals surface area contributed by atoms with Crippen molar-refractivity contribution in [1.82, 2.24) is 0 Å². The second kappa shape index (κ2) is 6.51. The Kier molecular flexibility index (Phi) is 4.40. The molecule has 0 atom stereocenters. The van der Waals surface area contributed by atoms with E-state index in [-0.39, 0.29) is 11.3 Å². The smallest absolute Gasteiger partial charge is 0.417 e. The summed E-state index contributed by atoms with van der Waals surface area (Å²) < 4.78 is 45.8. The van der Waals surface area contributed by atoms with Gasteiger partial charge in [0.25, 0.3) is 0 Å². The first kappa shape index (κ1) is 16.9. The van der Waals surface area contributed by atoms with Crippen LogP contribution in [-0.4, -0.2) is 12.2 Å². The van der Waals surface area contributed by atoms with E-state index >= 15 is 0 Å². The molecule has 0 heterocycles. The molecule has 3 rings (SSSR count). The van der Waals surface area contributed by atoms with Crippen LogP contribution in [0.25, 0.3) is 22.3 Å². The fourth-order valence-electron chi connectivity index (χ4n) is 2.63. The van der Waals surface area contributed by atoms with Crippen LogP contribution in [0.5, 0.6) is 11.5 Å². The maximum absolute atomic E-state index is 13.6. The molecule has 2 nitrogen and oxygen atoms in total. The summed E-state index contributed by atoms with van der Waals surface area (Å²) in [4.78, 5) is 0. The molecule has 0 saturated heterocycles. The van der Waals surface area contributed by atoms with E-state index in [1.165, 1.54) is 25.3 Å². The minimum atomic E-state index is -4.48. The van der Waals surface area contributed by atoms with Crippen molar-refractivity contribution in [2.24, 2.45) is 0 Å². The van der Waals surface area contributed by atoms with Gasteiger partial charge >= 0.3 is 6.18 Å². The zero-order valence-corrected chi connectivity index (χ0v) is 13.3. The predicted octanol–water partition coefficient (Wildman–Crippen LogP) is 5.75. The van der Waals surface area contributed by atoms with Gasteiger partial charge in [-0.05, 0) is 52.6 Å². The normalized spacial score (nSPS) is 11.4. The maximum atomic E-state index is 13.6. The second-order valence-electron chi connectivity index (χ2n) is 5.53. The molecule has 0 fully saturated rings. The highest BCUT2D eigenvalue weighted by molar-refractivity contribution is 5.74. The summed E-state index contributed by atoms with van der Waals surface area (Å²) in [6.45, 7) is 0. The standard InChI is InChI=1S/C20H15F3O2/c1-25-17-9-4-14(5-10-17)18-11-6-15(12-19(18)20(21,22)23)13-2-7-16(24)8-3-13/h2-12,24H,1H3. The fraction of sp³-hybridized carbons (Fsp3) is 0.100. The van der Waals surface area contributed by atoms with Crippen LogP contribution in [0.3, 0.4) is 0 Å². The van der Waals surface area contributed by atoms with E-state index in [9.17, 15) is 18.3 Å². The summed E-state index contributed by atoms with van der Waals surface area (Å²) in [6.07, 6.45) is -4.48. The van der Waals surface area contributed by atoms with Crippen LogP contribution in [0, 0.1) is 0 Å². The van der Waals surface area contributed by atoms with Crippen LogP contribution >= 0.6 is 0 Å². The van der Waals surface area contributed by atoms with E-state index in [2.05, 4.69) is 0 Å². The van der Waals surface area contributed by atoms with Gasteiger partial charge in [-0.1, -0.05) is 36.4 Å². The van der Waals surface area contributed by atoms with E-state index in [4.69, 9.17) is 4.74 Å². The van der Waals surface area contributed by atoms with Crippen LogP contribution in [0.1, 0.15) is 5.56 Å². The van der Waals surface area contributed by atoms with Crippen molar-refractivity contribution in [2.75, 3.05) is 7.11 Å². The molecule has 0 spiro atoms. The quantitative estimate of drug-likeness (QED) is 0.655. The van der Waals surface area contributed by atoms with Crippen molar-refractivity contribution < 1.29 is 23.0 Å². The van der Waals surface area contributed by atoms with Crippen molar-refractivity contribution in [3.63, 3.8) is 0 Å². The molecule has 0 saturated carbocycles. The molecule has 0 aliphatic carbocycles. The van der Waals surface area contributed by atoms with Crippen molar-refractivity contribution in [2.45, 2.75) is 6.18 Å². The molecule has 0 aliphatic rings. The molecule has 0 radical (unpaired) electrons. The van der Waals surface area contributed by atoms with Crippen molar-refractivity contribution in [3.05, 3.63) is 72.3 Å². The zero-order valence-electron chi connectivity index (χ0n) is 13.3. The average Bonchev–Trinajstić information content (AvgIpc) is 2.61. The summed E-state index contributed by atoms with van der Waals surface area (Å²) in [5, 5.41) is 9.33. The number of alkyl halides is 3. The van der Waals surface area contributed by atoms with Crippen LogP contribution in [0.2, 0.25) is 0 Å². The highest BCUT2D eigenvalue weighted by atomic mass is 19.4. The number of hydrogen-bond acceptors (Lipinski definition) is 2. The zero-order chi connectivity index (χ0) is 18.0. The molecule has 3 aromatic carbocycles. The van der Waals surface area contributed by atoms with Gasteiger partial charge in [0.1, 0.15) is 11.5 Å². The lowest BCUT2D eigenvalue weighted by Crippen LogP contribution is -2.07. The van der Waals surface area contributed by atoms with Gasteiger partial charge < -0.3 is 9.84 Å². The van der Waals surface area contributed by atoms with Gasteiger partial charge in [0.05, 0.1) is 12.7 Å².